The Morgan fingerprint density at radius 2 is 1.75 bits per heavy atom. The van der Waals surface area contributed by atoms with Crippen LogP contribution in [-0.4, -0.2) is 6.98 Å². The zero-order valence-electron chi connectivity index (χ0n) is 7.40. The zero-order chi connectivity index (χ0) is 9.45. The molecule has 0 aromatic rings. The number of halogens is 3. The number of allylic oxidation sites excluding steroid dienone is 1. The molecular weight excluding hydrogens is 164 g/mol. The average Bonchev–Trinajstić information content (AvgIpc) is 1.94. The van der Waals surface area contributed by atoms with Crippen LogP contribution in [0.1, 0.15) is 39.0 Å². The molecule has 0 aliphatic rings. The van der Waals surface area contributed by atoms with Crippen LogP contribution in [0.4, 0.5) is 12.9 Å². The first-order valence-electron chi connectivity index (χ1n) is 4.44. The maximum absolute atomic E-state index is 11.6. The van der Waals surface area contributed by atoms with Gasteiger partial charge in [0.15, 0.2) is 0 Å². The summed E-state index contributed by atoms with van der Waals surface area (Å²) in [6.45, 7) is -2.63. The highest BCUT2D eigenvalue weighted by atomic mass is 19.4. The molecule has 0 unspecified atom stereocenters. The minimum atomic E-state index is -4.71. The number of unbranched alkanes of at least 4 members (excludes halogenated alkanes) is 4. The van der Waals surface area contributed by atoms with Crippen molar-refractivity contribution in [3.05, 3.63) is 12.1 Å². The highest BCUT2D eigenvalue weighted by Gasteiger charge is 2.16. The maximum Gasteiger partial charge on any atom is 0.502 e. The molecule has 0 saturated carbocycles. The Hall–Kier alpha value is -0.405. The van der Waals surface area contributed by atoms with Gasteiger partial charge in [0.05, 0.1) is 0 Å². The minimum Gasteiger partial charge on any atom is -0.445 e. The Morgan fingerprint density at radius 1 is 1.08 bits per heavy atom. The molecule has 0 aromatic carbocycles. The molecule has 0 saturated heterocycles. The molecule has 0 spiro atoms. The Bertz CT molecular complexity index is 129. The molecule has 12 heavy (non-hydrogen) atoms. The molecule has 0 bridgehead atoms. The van der Waals surface area contributed by atoms with E-state index in [0.717, 1.165) is 25.7 Å². The molecule has 0 radical (unpaired) electrons. The van der Waals surface area contributed by atoms with Crippen LogP contribution in [0.25, 0.3) is 0 Å². The molecular formula is C8H15BF3-. The van der Waals surface area contributed by atoms with Gasteiger partial charge >= 0.3 is 6.98 Å². The normalized spacial score (nSPS) is 12.7. The third-order valence-corrected chi connectivity index (χ3v) is 1.58. The first kappa shape index (κ1) is 11.6. The minimum absolute atomic E-state index is 0.381. The van der Waals surface area contributed by atoms with E-state index in [1.54, 1.807) is 0 Å². The van der Waals surface area contributed by atoms with Gasteiger partial charge in [0.2, 0.25) is 0 Å². The third-order valence-electron chi connectivity index (χ3n) is 1.58. The van der Waals surface area contributed by atoms with Crippen molar-refractivity contribution in [2.24, 2.45) is 0 Å². The van der Waals surface area contributed by atoms with E-state index in [1.165, 1.54) is 6.08 Å². The van der Waals surface area contributed by atoms with E-state index in [9.17, 15) is 12.9 Å². The summed E-state index contributed by atoms with van der Waals surface area (Å²) in [5.41, 5.74) is 0. The van der Waals surface area contributed by atoms with Gasteiger partial charge in [0, 0.05) is 0 Å². The summed E-state index contributed by atoms with van der Waals surface area (Å²) in [6.07, 6.45) is 5.93. The monoisotopic (exact) mass is 179 g/mol. The summed E-state index contributed by atoms with van der Waals surface area (Å²) in [5.74, 6) is 0.381. The second-order valence-electron chi connectivity index (χ2n) is 2.90. The lowest BCUT2D eigenvalue weighted by atomic mass is 9.91. The Kier molecular flexibility index (Phi) is 5.94. The van der Waals surface area contributed by atoms with Crippen LogP contribution in [0.3, 0.4) is 0 Å². The molecule has 0 aliphatic carbocycles. The highest BCUT2D eigenvalue weighted by molar-refractivity contribution is 6.64. The van der Waals surface area contributed by atoms with E-state index in [-0.39, 0.29) is 0 Å². The van der Waals surface area contributed by atoms with Crippen molar-refractivity contribution >= 4 is 6.98 Å². The van der Waals surface area contributed by atoms with Gasteiger partial charge < -0.3 is 12.9 Å². The smallest absolute Gasteiger partial charge is 0.445 e. The van der Waals surface area contributed by atoms with Crippen molar-refractivity contribution in [2.45, 2.75) is 39.0 Å². The topological polar surface area (TPSA) is 0 Å². The van der Waals surface area contributed by atoms with Crippen molar-refractivity contribution in [2.75, 3.05) is 0 Å². The van der Waals surface area contributed by atoms with Crippen molar-refractivity contribution in [3.63, 3.8) is 0 Å². The Morgan fingerprint density at radius 3 is 2.25 bits per heavy atom. The molecule has 0 rings (SSSR count). The number of hydrogen-bond donors (Lipinski definition) is 0. The fourth-order valence-electron chi connectivity index (χ4n) is 0.939. The largest absolute Gasteiger partial charge is 0.502 e. The van der Waals surface area contributed by atoms with Crippen molar-refractivity contribution < 1.29 is 12.9 Å². The predicted octanol–water partition coefficient (Wildman–Crippen LogP) is 3.90. The Labute approximate surface area is 71.9 Å². The number of rotatable bonds is 6. The van der Waals surface area contributed by atoms with Gasteiger partial charge in [-0.05, 0) is 12.8 Å². The van der Waals surface area contributed by atoms with E-state index >= 15 is 0 Å². The summed E-state index contributed by atoms with van der Waals surface area (Å²) >= 11 is 0. The van der Waals surface area contributed by atoms with Gasteiger partial charge in [-0.15, -0.1) is 12.1 Å². The van der Waals surface area contributed by atoms with Gasteiger partial charge in [-0.25, -0.2) is 0 Å². The second kappa shape index (κ2) is 6.15. The van der Waals surface area contributed by atoms with Crippen LogP contribution < -0.4 is 0 Å². The molecule has 0 N–H and O–H groups in total. The molecule has 0 heterocycles. The lowest BCUT2D eigenvalue weighted by Crippen LogP contribution is -2.09. The lowest BCUT2D eigenvalue weighted by molar-refractivity contribution is 0.498. The van der Waals surface area contributed by atoms with Crippen LogP contribution in [0.2, 0.25) is 0 Å². The molecule has 0 aromatic heterocycles. The summed E-state index contributed by atoms with van der Waals surface area (Å²) < 4.78 is 34.8. The average molecular weight is 179 g/mol. The Balaban J connectivity index is 3.25. The molecule has 0 aliphatic heterocycles. The third kappa shape index (κ3) is 9.59. The van der Waals surface area contributed by atoms with E-state index < -0.39 is 6.98 Å². The van der Waals surface area contributed by atoms with Gasteiger partial charge in [0.25, 0.3) is 0 Å². The molecule has 0 nitrogen and oxygen atoms in total. The summed E-state index contributed by atoms with van der Waals surface area (Å²) in [6, 6.07) is 0. The van der Waals surface area contributed by atoms with Crippen molar-refractivity contribution in [1.29, 1.82) is 0 Å². The highest BCUT2D eigenvalue weighted by Crippen LogP contribution is 2.11. The fourth-order valence-corrected chi connectivity index (χ4v) is 0.939. The van der Waals surface area contributed by atoms with E-state index in [1.807, 2.05) is 0 Å². The van der Waals surface area contributed by atoms with Gasteiger partial charge in [-0.1, -0.05) is 26.2 Å². The van der Waals surface area contributed by atoms with Gasteiger partial charge in [0.1, 0.15) is 0 Å². The van der Waals surface area contributed by atoms with Crippen LogP contribution in [0.5, 0.6) is 0 Å². The molecule has 72 valence electrons. The van der Waals surface area contributed by atoms with Crippen molar-refractivity contribution in [3.8, 4) is 0 Å². The SMILES string of the molecule is CCCCCC/C=C/[B-](F)(F)F. The summed E-state index contributed by atoms with van der Waals surface area (Å²) in [7, 11) is 0. The number of hydrogen-bond acceptors (Lipinski definition) is 0. The predicted molar refractivity (Wildman–Crippen MR) is 47.0 cm³/mol. The van der Waals surface area contributed by atoms with Gasteiger partial charge in [-0.3, -0.25) is 0 Å². The van der Waals surface area contributed by atoms with Crippen molar-refractivity contribution in [1.82, 2.24) is 0 Å². The molecule has 0 atom stereocenters. The molecule has 0 amide bonds. The van der Waals surface area contributed by atoms with Crippen LogP contribution in [0, 0.1) is 0 Å². The van der Waals surface area contributed by atoms with E-state index in [2.05, 4.69) is 6.92 Å². The quantitative estimate of drug-likeness (QED) is 0.428. The van der Waals surface area contributed by atoms with E-state index in [0.29, 0.717) is 12.4 Å². The first-order valence-corrected chi connectivity index (χ1v) is 4.44. The maximum atomic E-state index is 11.6. The fraction of sp³-hybridized carbons (Fsp3) is 0.750. The lowest BCUT2D eigenvalue weighted by Gasteiger charge is -2.05. The van der Waals surface area contributed by atoms with Gasteiger partial charge in [-0.2, -0.15) is 0 Å². The van der Waals surface area contributed by atoms with E-state index in [4.69, 9.17) is 0 Å². The standard InChI is InChI=1S/C8H15BF3/c1-2-3-4-5-6-7-8-9(10,11)12/h7-8H,2-6H2,1H3/q-1/b8-7+. The van der Waals surface area contributed by atoms with Crippen LogP contribution in [0.15, 0.2) is 12.1 Å². The zero-order valence-corrected chi connectivity index (χ0v) is 7.40. The van der Waals surface area contributed by atoms with Crippen LogP contribution in [-0.2, 0) is 0 Å². The summed E-state index contributed by atoms with van der Waals surface area (Å²) in [5, 5.41) is 0. The summed E-state index contributed by atoms with van der Waals surface area (Å²) in [4.78, 5) is 0. The molecule has 4 heteroatoms. The molecule has 0 fully saturated rings. The first-order chi connectivity index (χ1) is 5.56. The second-order valence-corrected chi connectivity index (χ2v) is 2.90. The van der Waals surface area contributed by atoms with Crippen LogP contribution >= 0.6 is 0 Å².